The van der Waals surface area contributed by atoms with E-state index in [1.807, 2.05) is 49.3 Å². The molecule has 0 unspecified atom stereocenters. The molecule has 0 aliphatic carbocycles. The molecule has 5 heteroatoms. The minimum atomic E-state index is -0.276. The molecule has 0 aliphatic heterocycles. The molecule has 0 bridgehead atoms. The highest BCUT2D eigenvalue weighted by Crippen LogP contribution is 2.03. The number of amides is 1. The molecule has 1 amide bonds. The van der Waals surface area contributed by atoms with E-state index in [-0.39, 0.29) is 18.3 Å². The highest BCUT2D eigenvalue weighted by Gasteiger charge is 2.13. The Bertz CT molecular complexity index is 512. The van der Waals surface area contributed by atoms with Crippen molar-refractivity contribution in [3.8, 4) is 0 Å². The van der Waals surface area contributed by atoms with Crippen molar-refractivity contribution in [1.82, 2.24) is 9.80 Å². The third-order valence-corrected chi connectivity index (χ3v) is 3.24. The average Bonchev–Trinajstić information content (AvgIpc) is 2.53. The number of benzene rings is 1. The summed E-state index contributed by atoms with van der Waals surface area (Å²) in [6.07, 6.45) is 3.55. The summed E-state index contributed by atoms with van der Waals surface area (Å²) in [5.74, 6) is -0.373. The monoisotopic (exact) mass is 318 g/mol. The number of carbonyl (C=O) groups is 2. The van der Waals surface area contributed by atoms with Gasteiger partial charge in [0.1, 0.15) is 0 Å². The topological polar surface area (TPSA) is 49.9 Å². The van der Waals surface area contributed by atoms with Gasteiger partial charge in [0.05, 0.1) is 13.0 Å². The molecule has 23 heavy (non-hydrogen) atoms. The van der Waals surface area contributed by atoms with Gasteiger partial charge in [0.25, 0.3) is 0 Å². The van der Waals surface area contributed by atoms with Crippen LogP contribution >= 0.6 is 0 Å². The van der Waals surface area contributed by atoms with Crippen molar-refractivity contribution in [3.63, 3.8) is 0 Å². The van der Waals surface area contributed by atoms with E-state index in [4.69, 9.17) is 4.74 Å². The molecule has 0 fully saturated rings. The molecule has 0 aromatic heterocycles. The summed E-state index contributed by atoms with van der Waals surface area (Å²) in [6, 6.07) is 9.66. The first-order valence-corrected chi connectivity index (χ1v) is 7.85. The van der Waals surface area contributed by atoms with Gasteiger partial charge in [-0.15, -0.1) is 0 Å². The molecule has 0 saturated carbocycles. The molecule has 1 aromatic carbocycles. The second kappa shape index (κ2) is 10.6. The lowest BCUT2D eigenvalue weighted by molar-refractivity contribution is -0.143. The van der Waals surface area contributed by atoms with Gasteiger partial charge in [-0.3, -0.25) is 9.59 Å². The molecule has 0 saturated heterocycles. The van der Waals surface area contributed by atoms with Crippen LogP contribution in [0, 0.1) is 0 Å². The van der Waals surface area contributed by atoms with Crippen LogP contribution in [-0.4, -0.2) is 62.0 Å². The molecule has 0 N–H and O–H groups in total. The Morgan fingerprint density at radius 1 is 1.09 bits per heavy atom. The van der Waals surface area contributed by atoms with Crippen LogP contribution in [0.3, 0.4) is 0 Å². The number of rotatable bonds is 9. The zero-order valence-corrected chi connectivity index (χ0v) is 14.2. The van der Waals surface area contributed by atoms with Gasteiger partial charge in [0, 0.05) is 25.7 Å². The predicted octanol–water partition coefficient (Wildman–Crippen LogP) is 2.04. The number of ether oxygens (including phenoxy) is 1. The van der Waals surface area contributed by atoms with Gasteiger partial charge in [0.2, 0.25) is 5.91 Å². The van der Waals surface area contributed by atoms with Crippen LogP contribution in [0.5, 0.6) is 0 Å². The predicted molar refractivity (Wildman–Crippen MR) is 91.9 cm³/mol. The van der Waals surface area contributed by atoms with Crippen LogP contribution in [0.4, 0.5) is 0 Å². The fourth-order valence-electron chi connectivity index (χ4n) is 1.95. The summed E-state index contributed by atoms with van der Waals surface area (Å²) < 4.78 is 4.92. The van der Waals surface area contributed by atoms with Gasteiger partial charge in [-0.25, -0.2) is 0 Å². The average molecular weight is 318 g/mol. The Morgan fingerprint density at radius 2 is 1.78 bits per heavy atom. The first-order chi connectivity index (χ1) is 11.0. The summed E-state index contributed by atoms with van der Waals surface area (Å²) in [7, 11) is 3.90. The minimum absolute atomic E-state index is 0.0972. The molecule has 1 rings (SSSR count). The number of likely N-dealkylation sites (N-methyl/N-ethyl adjacent to an activating group) is 1. The number of hydrogen-bond donors (Lipinski definition) is 0. The fraction of sp³-hybridized carbons (Fsp3) is 0.444. The Morgan fingerprint density at radius 3 is 2.39 bits per heavy atom. The first kappa shape index (κ1) is 18.9. The van der Waals surface area contributed by atoms with Gasteiger partial charge in [-0.1, -0.05) is 30.3 Å². The lowest BCUT2D eigenvalue weighted by Gasteiger charge is -2.22. The van der Waals surface area contributed by atoms with E-state index in [2.05, 4.69) is 0 Å². The molecule has 0 radical (unpaired) electrons. The third-order valence-electron chi connectivity index (χ3n) is 3.24. The Kier molecular flexibility index (Phi) is 8.68. The fourth-order valence-corrected chi connectivity index (χ4v) is 1.95. The van der Waals surface area contributed by atoms with E-state index in [0.717, 1.165) is 12.1 Å². The van der Waals surface area contributed by atoms with Crippen molar-refractivity contribution in [1.29, 1.82) is 0 Å². The summed E-state index contributed by atoms with van der Waals surface area (Å²) in [5, 5.41) is 0. The number of carbonyl (C=O) groups excluding carboxylic acids is 2. The molecule has 0 heterocycles. The largest absolute Gasteiger partial charge is 0.466 e. The minimum Gasteiger partial charge on any atom is -0.466 e. The first-order valence-electron chi connectivity index (χ1n) is 7.85. The SMILES string of the molecule is CCOC(=O)CCN(CCN(C)C)C(=O)/C=C/c1ccccc1. The molecule has 0 spiro atoms. The molecular weight excluding hydrogens is 292 g/mol. The smallest absolute Gasteiger partial charge is 0.307 e. The molecular formula is C18H26N2O3. The van der Waals surface area contributed by atoms with E-state index < -0.39 is 0 Å². The maximum atomic E-state index is 12.4. The van der Waals surface area contributed by atoms with Gasteiger partial charge in [-0.05, 0) is 32.7 Å². The van der Waals surface area contributed by atoms with Crippen LogP contribution in [0.25, 0.3) is 6.08 Å². The quantitative estimate of drug-likeness (QED) is 0.516. The highest BCUT2D eigenvalue weighted by molar-refractivity contribution is 5.92. The zero-order chi connectivity index (χ0) is 17.1. The Balaban J connectivity index is 2.63. The molecule has 0 atom stereocenters. The van der Waals surface area contributed by atoms with E-state index in [0.29, 0.717) is 19.7 Å². The van der Waals surface area contributed by atoms with Crippen molar-refractivity contribution >= 4 is 18.0 Å². The number of hydrogen-bond acceptors (Lipinski definition) is 4. The molecule has 1 aromatic rings. The molecule has 5 nitrogen and oxygen atoms in total. The second-order valence-corrected chi connectivity index (χ2v) is 5.43. The third kappa shape index (κ3) is 8.16. The van der Waals surface area contributed by atoms with Crippen molar-refractivity contribution in [2.75, 3.05) is 40.3 Å². The standard InChI is InChI=1S/C18H26N2O3/c1-4-23-18(22)12-13-20(15-14-19(2)3)17(21)11-10-16-8-6-5-7-9-16/h5-11H,4,12-15H2,1-3H3/b11-10+. The Labute approximate surface area is 138 Å². The van der Waals surface area contributed by atoms with Crippen molar-refractivity contribution in [2.45, 2.75) is 13.3 Å². The lowest BCUT2D eigenvalue weighted by Crippen LogP contribution is -2.37. The molecule has 0 aliphatic rings. The van der Waals surface area contributed by atoms with Crippen LogP contribution in [-0.2, 0) is 14.3 Å². The summed E-state index contributed by atoms with van der Waals surface area (Å²) in [5.41, 5.74) is 0.971. The molecule has 126 valence electrons. The Hall–Kier alpha value is -2.14. The van der Waals surface area contributed by atoms with E-state index in [1.165, 1.54) is 0 Å². The number of esters is 1. The lowest BCUT2D eigenvalue weighted by atomic mass is 10.2. The summed E-state index contributed by atoms with van der Waals surface area (Å²) in [6.45, 7) is 3.82. The van der Waals surface area contributed by atoms with E-state index >= 15 is 0 Å². The van der Waals surface area contributed by atoms with E-state index in [1.54, 1.807) is 24.0 Å². The second-order valence-electron chi connectivity index (χ2n) is 5.43. The van der Waals surface area contributed by atoms with Gasteiger partial charge in [0.15, 0.2) is 0 Å². The summed E-state index contributed by atoms with van der Waals surface area (Å²) in [4.78, 5) is 27.5. The maximum absolute atomic E-state index is 12.4. The van der Waals surface area contributed by atoms with Gasteiger partial charge in [-0.2, -0.15) is 0 Å². The normalized spacial score (nSPS) is 11.0. The zero-order valence-electron chi connectivity index (χ0n) is 14.2. The van der Waals surface area contributed by atoms with Crippen molar-refractivity contribution in [2.24, 2.45) is 0 Å². The van der Waals surface area contributed by atoms with Crippen molar-refractivity contribution < 1.29 is 14.3 Å². The van der Waals surface area contributed by atoms with Crippen LogP contribution in [0.1, 0.15) is 18.9 Å². The van der Waals surface area contributed by atoms with Gasteiger partial charge >= 0.3 is 5.97 Å². The van der Waals surface area contributed by atoms with Crippen LogP contribution in [0.15, 0.2) is 36.4 Å². The van der Waals surface area contributed by atoms with Crippen LogP contribution < -0.4 is 0 Å². The number of nitrogens with zero attached hydrogens (tertiary/aromatic N) is 2. The summed E-state index contributed by atoms with van der Waals surface area (Å²) >= 11 is 0. The van der Waals surface area contributed by atoms with E-state index in [9.17, 15) is 9.59 Å². The van der Waals surface area contributed by atoms with Crippen LogP contribution in [0.2, 0.25) is 0 Å². The van der Waals surface area contributed by atoms with Crippen molar-refractivity contribution in [3.05, 3.63) is 42.0 Å². The van der Waals surface area contributed by atoms with Gasteiger partial charge < -0.3 is 14.5 Å². The maximum Gasteiger partial charge on any atom is 0.307 e. The highest BCUT2D eigenvalue weighted by atomic mass is 16.5.